The molecule has 0 bridgehead atoms. The van der Waals surface area contributed by atoms with E-state index >= 15 is 0 Å². The molecular weight excluding hydrogens is 206 g/mol. The van der Waals surface area contributed by atoms with Gasteiger partial charge in [0.15, 0.2) is 17.5 Å². The number of ketones is 2. The molecular formula is C12H11NO3. The number of nitrogens with zero attached hydrogens (tertiary/aromatic N) is 1. The highest BCUT2D eigenvalue weighted by Crippen LogP contribution is 2.15. The third kappa shape index (κ3) is 2.45. The molecule has 82 valence electrons. The molecule has 0 N–H and O–H groups in total. The molecule has 1 atom stereocenters. The molecule has 0 aliphatic carbocycles. The normalized spacial score (nSPS) is 11.3. The molecule has 1 aromatic carbocycles. The molecule has 0 saturated heterocycles. The lowest BCUT2D eigenvalue weighted by atomic mass is 9.96. The molecule has 0 fully saturated rings. The van der Waals surface area contributed by atoms with Crippen LogP contribution in [0.15, 0.2) is 24.3 Å². The van der Waals surface area contributed by atoms with Crippen LogP contribution in [0.2, 0.25) is 0 Å². The Bertz CT molecular complexity index is 442. The van der Waals surface area contributed by atoms with Crippen LogP contribution in [0.25, 0.3) is 0 Å². The fourth-order valence-corrected chi connectivity index (χ4v) is 1.26. The summed E-state index contributed by atoms with van der Waals surface area (Å²) in [5.41, 5.74) is 0.336. The second-order valence-electron chi connectivity index (χ2n) is 3.27. The first-order valence-electron chi connectivity index (χ1n) is 4.68. The number of Topliss-reactive ketones (excluding diaryl/α,β-unsaturated/α-hetero) is 2. The molecule has 4 heteroatoms. The summed E-state index contributed by atoms with van der Waals surface area (Å²) < 4.78 is 4.94. The van der Waals surface area contributed by atoms with Gasteiger partial charge in [0.05, 0.1) is 13.2 Å². The van der Waals surface area contributed by atoms with Gasteiger partial charge in [-0.05, 0) is 31.2 Å². The Labute approximate surface area is 93.5 Å². The fraction of sp³-hybridized carbons (Fsp3) is 0.250. The second kappa shape index (κ2) is 5.08. The Morgan fingerprint density at radius 2 is 1.88 bits per heavy atom. The maximum Gasteiger partial charge on any atom is 0.187 e. The summed E-state index contributed by atoms with van der Waals surface area (Å²) in [6.07, 6.45) is 0. The largest absolute Gasteiger partial charge is 0.497 e. The summed E-state index contributed by atoms with van der Waals surface area (Å²) in [7, 11) is 1.52. The smallest absolute Gasteiger partial charge is 0.187 e. The first-order chi connectivity index (χ1) is 7.60. The summed E-state index contributed by atoms with van der Waals surface area (Å²) in [5.74, 6) is -1.51. The zero-order chi connectivity index (χ0) is 12.1. The number of carbonyl (C=O) groups is 2. The van der Waals surface area contributed by atoms with Gasteiger partial charge >= 0.3 is 0 Å². The van der Waals surface area contributed by atoms with Gasteiger partial charge in [-0.2, -0.15) is 5.26 Å². The summed E-state index contributed by atoms with van der Waals surface area (Å²) in [5, 5.41) is 8.71. The van der Waals surface area contributed by atoms with Crippen molar-refractivity contribution in [2.75, 3.05) is 7.11 Å². The summed E-state index contributed by atoms with van der Waals surface area (Å²) >= 11 is 0. The number of carbonyl (C=O) groups excluding carboxylic acids is 2. The van der Waals surface area contributed by atoms with Crippen molar-refractivity contribution in [1.82, 2.24) is 0 Å². The molecule has 0 radical (unpaired) electrons. The van der Waals surface area contributed by atoms with Crippen LogP contribution in [0.5, 0.6) is 5.75 Å². The van der Waals surface area contributed by atoms with Crippen LogP contribution in [-0.4, -0.2) is 18.7 Å². The molecule has 0 heterocycles. The lowest BCUT2D eigenvalue weighted by Crippen LogP contribution is -2.20. The second-order valence-corrected chi connectivity index (χ2v) is 3.27. The molecule has 16 heavy (non-hydrogen) atoms. The average Bonchev–Trinajstić information content (AvgIpc) is 2.29. The van der Waals surface area contributed by atoms with Gasteiger partial charge < -0.3 is 4.74 Å². The van der Waals surface area contributed by atoms with Crippen molar-refractivity contribution in [3.63, 3.8) is 0 Å². The minimum atomic E-state index is -1.21. The lowest BCUT2D eigenvalue weighted by molar-refractivity contribution is -0.118. The minimum Gasteiger partial charge on any atom is -0.497 e. The van der Waals surface area contributed by atoms with E-state index in [1.165, 1.54) is 26.2 Å². The number of rotatable bonds is 4. The quantitative estimate of drug-likeness (QED) is 0.567. The highest BCUT2D eigenvalue weighted by molar-refractivity contribution is 6.12. The standard InChI is InChI=1S/C12H11NO3/c1-8(14)11(7-13)12(15)9-3-5-10(16-2)6-4-9/h3-6,11H,1-2H3. The Hall–Kier alpha value is -2.15. The monoisotopic (exact) mass is 217 g/mol. The Morgan fingerprint density at radius 1 is 1.31 bits per heavy atom. The van der Waals surface area contributed by atoms with Crippen LogP contribution in [-0.2, 0) is 4.79 Å². The van der Waals surface area contributed by atoms with Gasteiger partial charge in [0, 0.05) is 5.56 Å². The molecule has 0 aromatic heterocycles. The molecule has 1 aromatic rings. The Morgan fingerprint density at radius 3 is 2.25 bits per heavy atom. The van der Waals surface area contributed by atoms with Crippen molar-refractivity contribution in [2.45, 2.75) is 6.92 Å². The molecule has 0 aliphatic rings. The van der Waals surface area contributed by atoms with E-state index in [4.69, 9.17) is 10.00 Å². The summed E-state index contributed by atoms with van der Waals surface area (Å²) in [6.45, 7) is 1.23. The highest BCUT2D eigenvalue weighted by atomic mass is 16.5. The minimum absolute atomic E-state index is 0.336. The number of benzene rings is 1. The van der Waals surface area contributed by atoms with Gasteiger partial charge in [-0.15, -0.1) is 0 Å². The van der Waals surface area contributed by atoms with Crippen LogP contribution < -0.4 is 4.74 Å². The fourth-order valence-electron chi connectivity index (χ4n) is 1.26. The zero-order valence-corrected chi connectivity index (χ0v) is 9.06. The Kier molecular flexibility index (Phi) is 3.78. The third-order valence-corrected chi connectivity index (χ3v) is 2.17. The number of methoxy groups -OCH3 is 1. The van der Waals surface area contributed by atoms with E-state index in [9.17, 15) is 9.59 Å². The van der Waals surface area contributed by atoms with E-state index in [0.717, 1.165) is 0 Å². The first kappa shape index (κ1) is 11.9. The van der Waals surface area contributed by atoms with Crippen LogP contribution >= 0.6 is 0 Å². The molecule has 4 nitrogen and oxygen atoms in total. The molecule has 0 saturated carbocycles. The number of hydrogen-bond donors (Lipinski definition) is 0. The molecule has 0 aliphatic heterocycles. The number of ether oxygens (including phenoxy) is 1. The van der Waals surface area contributed by atoms with Gasteiger partial charge in [-0.1, -0.05) is 0 Å². The average molecular weight is 217 g/mol. The van der Waals surface area contributed by atoms with Crippen molar-refractivity contribution in [1.29, 1.82) is 5.26 Å². The van der Waals surface area contributed by atoms with Crippen LogP contribution in [0, 0.1) is 17.2 Å². The zero-order valence-electron chi connectivity index (χ0n) is 9.06. The van der Waals surface area contributed by atoms with Crippen molar-refractivity contribution < 1.29 is 14.3 Å². The van der Waals surface area contributed by atoms with Crippen LogP contribution in [0.4, 0.5) is 0 Å². The predicted octanol–water partition coefficient (Wildman–Crippen LogP) is 1.61. The molecule has 1 rings (SSSR count). The van der Waals surface area contributed by atoms with E-state index < -0.39 is 17.5 Å². The Balaban J connectivity index is 2.96. The van der Waals surface area contributed by atoms with Gasteiger partial charge in [0.25, 0.3) is 0 Å². The topological polar surface area (TPSA) is 67.2 Å². The van der Waals surface area contributed by atoms with Crippen molar-refractivity contribution in [3.05, 3.63) is 29.8 Å². The van der Waals surface area contributed by atoms with Gasteiger partial charge in [-0.3, -0.25) is 9.59 Å². The van der Waals surface area contributed by atoms with Gasteiger partial charge in [-0.25, -0.2) is 0 Å². The van der Waals surface area contributed by atoms with Crippen LogP contribution in [0.1, 0.15) is 17.3 Å². The summed E-state index contributed by atoms with van der Waals surface area (Å²) in [4.78, 5) is 22.8. The van der Waals surface area contributed by atoms with Crippen LogP contribution in [0.3, 0.4) is 0 Å². The maximum absolute atomic E-state index is 11.7. The molecule has 1 unspecified atom stereocenters. The van der Waals surface area contributed by atoms with Crippen molar-refractivity contribution in [3.8, 4) is 11.8 Å². The first-order valence-corrected chi connectivity index (χ1v) is 4.68. The van der Waals surface area contributed by atoms with E-state index in [0.29, 0.717) is 11.3 Å². The predicted molar refractivity (Wildman–Crippen MR) is 57.1 cm³/mol. The van der Waals surface area contributed by atoms with Gasteiger partial charge in [0.2, 0.25) is 0 Å². The lowest BCUT2D eigenvalue weighted by Gasteiger charge is -2.05. The van der Waals surface area contributed by atoms with Crippen molar-refractivity contribution in [2.24, 2.45) is 5.92 Å². The number of hydrogen-bond acceptors (Lipinski definition) is 4. The third-order valence-electron chi connectivity index (χ3n) is 2.17. The molecule has 0 spiro atoms. The maximum atomic E-state index is 11.7. The van der Waals surface area contributed by atoms with Crippen molar-refractivity contribution >= 4 is 11.6 Å². The highest BCUT2D eigenvalue weighted by Gasteiger charge is 2.23. The SMILES string of the molecule is COc1ccc(C(=O)C(C#N)C(C)=O)cc1. The van der Waals surface area contributed by atoms with E-state index in [1.807, 2.05) is 0 Å². The van der Waals surface area contributed by atoms with E-state index in [1.54, 1.807) is 18.2 Å². The van der Waals surface area contributed by atoms with E-state index in [-0.39, 0.29) is 0 Å². The van der Waals surface area contributed by atoms with E-state index in [2.05, 4.69) is 0 Å². The molecule has 0 amide bonds. The summed E-state index contributed by atoms with van der Waals surface area (Å²) in [6, 6.07) is 8.00. The van der Waals surface area contributed by atoms with Gasteiger partial charge in [0.1, 0.15) is 5.75 Å². The number of nitriles is 1.